The van der Waals surface area contributed by atoms with E-state index in [0.29, 0.717) is 6.04 Å². The second-order valence-corrected chi connectivity index (χ2v) is 4.04. The smallest absolute Gasteiger partial charge is 0.0591 e. The van der Waals surface area contributed by atoms with Crippen molar-refractivity contribution in [2.24, 2.45) is 0 Å². The highest BCUT2D eigenvalue weighted by atomic mass is 16.5. The molecular weight excluding hydrogens is 190 g/mol. The van der Waals surface area contributed by atoms with Crippen molar-refractivity contribution in [3.63, 3.8) is 0 Å². The minimum Gasteiger partial charge on any atom is -0.381 e. The fourth-order valence-electron chi connectivity index (χ4n) is 1.13. The van der Waals surface area contributed by atoms with E-state index < -0.39 is 0 Å². The Labute approximate surface area is 94.5 Å². The van der Waals surface area contributed by atoms with Crippen LogP contribution in [0, 0.1) is 0 Å². The van der Waals surface area contributed by atoms with Gasteiger partial charge in [0.25, 0.3) is 0 Å². The summed E-state index contributed by atoms with van der Waals surface area (Å²) >= 11 is 0. The molecule has 0 fully saturated rings. The molecule has 0 amide bonds. The second-order valence-electron chi connectivity index (χ2n) is 4.04. The number of hydrogen-bond acceptors (Lipinski definition) is 3. The summed E-state index contributed by atoms with van der Waals surface area (Å²) in [5.74, 6) is 0. The van der Waals surface area contributed by atoms with Crippen LogP contribution in [0.15, 0.2) is 0 Å². The van der Waals surface area contributed by atoms with Crippen LogP contribution in [0.25, 0.3) is 0 Å². The van der Waals surface area contributed by atoms with E-state index in [-0.39, 0.29) is 0 Å². The van der Waals surface area contributed by atoms with Crippen molar-refractivity contribution in [3.8, 4) is 0 Å². The third-order valence-corrected chi connectivity index (χ3v) is 2.02. The molecule has 15 heavy (non-hydrogen) atoms. The number of ether oxygens (including phenoxy) is 2. The highest BCUT2D eigenvalue weighted by Gasteiger charge is 1.92. The van der Waals surface area contributed by atoms with Gasteiger partial charge in [0, 0.05) is 32.4 Å². The van der Waals surface area contributed by atoms with Crippen LogP contribution in [0.2, 0.25) is 0 Å². The summed E-state index contributed by atoms with van der Waals surface area (Å²) in [6, 6.07) is 0.547. The zero-order valence-corrected chi connectivity index (χ0v) is 10.6. The Morgan fingerprint density at radius 1 is 0.933 bits per heavy atom. The van der Waals surface area contributed by atoms with Gasteiger partial charge in [-0.15, -0.1) is 0 Å². The van der Waals surface area contributed by atoms with Crippen molar-refractivity contribution in [2.45, 2.75) is 46.1 Å². The van der Waals surface area contributed by atoms with Gasteiger partial charge in [0.05, 0.1) is 6.61 Å². The topological polar surface area (TPSA) is 30.5 Å². The summed E-state index contributed by atoms with van der Waals surface area (Å²) in [6.45, 7) is 10.7. The van der Waals surface area contributed by atoms with Gasteiger partial charge in [0.2, 0.25) is 0 Å². The molecule has 92 valence electrons. The quantitative estimate of drug-likeness (QED) is 0.538. The minimum atomic E-state index is 0.547. The lowest BCUT2D eigenvalue weighted by Gasteiger charge is -2.08. The Bertz CT molecular complexity index is 118. The highest BCUT2D eigenvalue weighted by molar-refractivity contribution is 4.50. The molecule has 0 rings (SSSR count). The van der Waals surface area contributed by atoms with Gasteiger partial charge in [-0.1, -0.05) is 27.2 Å². The molecule has 0 saturated heterocycles. The molecule has 1 N–H and O–H groups in total. The van der Waals surface area contributed by atoms with E-state index in [2.05, 4.69) is 26.1 Å². The van der Waals surface area contributed by atoms with Gasteiger partial charge in [-0.05, 0) is 12.8 Å². The molecule has 0 aromatic heterocycles. The van der Waals surface area contributed by atoms with Crippen LogP contribution >= 0.6 is 0 Å². The number of unbranched alkanes of at least 4 members (excludes halogenated alkanes) is 1. The van der Waals surface area contributed by atoms with Gasteiger partial charge >= 0.3 is 0 Å². The fourth-order valence-corrected chi connectivity index (χ4v) is 1.13. The SMILES string of the molecule is CCCCOCCCOCCNC(C)C. The molecule has 0 saturated carbocycles. The van der Waals surface area contributed by atoms with Crippen LogP contribution < -0.4 is 5.32 Å². The Kier molecular flexibility index (Phi) is 11.9. The van der Waals surface area contributed by atoms with Crippen LogP contribution in [0.3, 0.4) is 0 Å². The zero-order chi connectivity index (χ0) is 11.4. The Morgan fingerprint density at radius 3 is 2.13 bits per heavy atom. The summed E-state index contributed by atoms with van der Waals surface area (Å²) < 4.78 is 10.9. The van der Waals surface area contributed by atoms with Crippen LogP contribution in [0.5, 0.6) is 0 Å². The standard InChI is InChI=1S/C12H27NO2/c1-4-5-8-14-9-6-10-15-11-7-13-12(2)3/h12-13H,4-11H2,1-3H3. The van der Waals surface area contributed by atoms with E-state index in [1.165, 1.54) is 12.8 Å². The molecule has 3 nitrogen and oxygen atoms in total. The average Bonchev–Trinajstić information content (AvgIpc) is 2.20. The summed E-state index contributed by atoms with van der Waals surface area (Å²) in [6.07, 6.45) is 3.38. The maximum Gasteiger partial charge on any atom is 0.0591 e. The summed E-state index contributed by atoms with van der Waals surface area (Å²) in [4.78, 5) is 0. The predicted molar refractivity (Wildman–Crippen MR) is 64.3 cm³/mol. The molecule has 0 aliphatic carbocycles. The van der Waals surface area contributed by atoms with Crippen molar-refractivity contribution in [1.29, 1.82) is 0 Å². The third kappa shape index (κ3) is 13.9. The van der Waals surface area contributed by atoms with E-state index in [9.17, 15) is 0 Å². The highest BCUT2D eigenvalue weighted by Crippen LogP contribution is 1.90. The first-order valence-corrected chi connectivity index (χ1v) is 6.16. The van der Waals surface area contributed by atoms with Crippen molar-refractivity contribution >= 4 is 0 Å². The Hall–Kier alpha value is -0.120. The molecule has 3 heteroatoms. The van der Waals surface area contributed by atoms with E-state index in [0.717, 1.165) is 39.4 Å². The van der Waals surface area contributed by atoms with Crippen molar-refractivity contribution in [3.05, 3.63) is 0 Å². The Balaban J connectivity index is 2.87. The van der Waals surface area contributed by atoms with E-state index in [1.807, 2.05) is 0 Å². The van der Waals surface area contributed by atoms with Crippen LogP contribution in [0.4, 0.5) is 0 Å². The van der Waals surface area contributed by atoms with Gasteiger partial charge < -0.3 is 14.8 Å². The second kappa shape index (κ2) is 12.0. The molecule has 0 heterocycles. The van der Waals surface area contributed by atoms with Gasteiger partial charge in [0.1, 0.15) is 0 Å². The molecule has 0 radical (unpaired) electrons. The van der Waals surface area contributed by atoms with Gasteiger partial charge in [-0.2, -0.15) is 0 Å². The van der Waals surface area contributed by atoms with Gasteiger partial charge in [-0.3, -0.25) is 0 Å². The fraction of sp³-hybridized carbons (Fsp3) is 1.00. The lowest BCUT2D eigenvalue weighted by molar-refractivity contribution is 0.0821. The maximum absolute atomic E-state index is 5.45. The van der Waals surface area contributed by atoms with E-state index in [1.54, 1.807) is 0 Å². The zero-order valence-electron chi connectivity index (χ0n) is 10.6. The van der Waals surface area contributed by atoms with Crippen LogP contribution in [-0.4, -0.2) is 39.0 Å². The average molecular weight is 217 g/mol. The van der Waals surface area contributed by atoms with Crippen LogP contribution in [-0.2, 0) is 9.47 Å². The maximum atomic E-state index is 5.45. The summed E-state index contributed by atoms with van der Waals surface area (Å²) in [7, 11) is 0. The van der Waals surface area contributed by atoms with Crippen molar-refractivity contribution < 1.29 is 9.47 Å². The number of rotatable bonds is 11. The molecular formula is C12H27NO2. The van der Waals surface area contributed by atoms with E-state index >= 15 is 0 Å². The monoisotopic (exact) mass is 217 g/mol. The summed E-state index contributed by atoms with van der Waals surface area (Å²) in [5.41, 5.74) is 0. The molecule has 0 unspecified atom stereocenters. The molecule has 0 aromatic carbocycles. The lowest BCUT2D eigenvalue weighted by atomic mass is 10.4. The molecule has 0 aliphatic rings. The normalized spacial score (nSPS) is 11.2. The van der Waals surface area contributed by atoms with E-state index in [4.69, 9.17) is 9.47 Å². The minimum absolute atomic E-state index is 0.547. The first-order valence-electron chi connectivity index (χ1n) is 6.16. The largest absolute Gasteiger partial charge is 0.381 e. The van der Waals surface area contributed by atoms with Gasteiger partial charge in [-0.25, -0.2) is 0 Å². The lowest BCUT2D eigenvalue weighted by Crippen LogP contribution is -2.26. The van der Waals surface area contributed by atoms with Crippen molar-refractivity contribution in [2.75, 3.05) is 33.0 Å². The molecule has 0 aliphatic heterocycles. The molecule has 0 spiro atoms. The summed E-state index contributed by atoms with van der Waals surface area (Å²) in [5, 5.41) is 3.31. The number of nitrogens with one attached hydrogen (secondary N) is 1. The van der Waals surface area contributed by atoms with Gasteiger partial charge in [0.15, 0.2) is 0 Å². The van der Waals surface area contributed by atoms with Crippen molar-refractivity contribution in [1.82, 2.24) is 5.32 Å². The van der Waals surface area contributed by atoms with Crippen LogP contribution in [0.1, 0.15) is 40.0 Å². The first-order chi connectivity index (χ1) is 7.27. The Morgan fingerprint density at radius 2 is 1.53 bits per heavy atom. The third-order valence-electron chi connectivity index (χ3n) is 2.02. The molecule has 0 aromatic rings. The molecule has 0 atom stereocenters. The molecule has 0 bridgehead atoms. The first kappa shape index (κ1) is 14.9. The predicted octanol–water partition coefficient (Wildman–Crippen LogP) is 2.21. The number of hydrogen-bond donors (Lipinski definition) is 1.